The normalized spacial score (nSPS) is 20.8. The highest BCUT2D eigenvalue weighted by atomic mass is 35.5. The number of primary amides is 1. The van der Waals surface area contributed by atoms with E-state index in [0.29, 0.717) is 61.8 Å². The van der Waals surface area contributed by atoms with Crippen molar-refractivity contribution in [2.24, 2.45) is 11.7 Å². The first kappa shape index (κ1) is 29.3. The first-order valence-corrected chi connectivity index (χ1v) is 14.4. The predicted molar refractivity (Wildman–Crippen MR) is 155 cm³/mol. The number of hydrogen-bond donors (Lipinski definition) is 3. The molecule has 3 aromatic rings. The van der Waals surface area contributed by atoms with E-state index in [2.05, 4.69) is 20.6 Å². The fourth-order valence-corrected chi connectivity index (χ4v) is 5.86. The second-order valence-electron chi connectivity index (χ2n) is 11.0. The van der Waals surface area contributed by atoms with E-state index in [1.54, 1.807) is 11.1 Å². The molecule has 1 aromatic carbocycles. The minimum atomic E-state index is -0.693. The van der Waals surface area contributed by atoms with E-state index in [-0.39, 0.29) is 52.4 Å². The number of nitriles is 1. The molecule has 0 unspecified atom stereocenters. The maximum absolute atomic E-state index is 15.0. The molecule has 1 aliphatic heterocycles. The van der Waals surface area contributed by atoms with Gasteiger partial charge in [-0.2, -0.15) is 10.2 Å². The van der Waals surface area contributed by atoms with Crippen molar-refractivity contribution in [2.75, 3.05) is 23.7 Å². The minimum absolute atomic E-state index is 0.0140. The van der Waals surface area contributed by atoms with Gasteiger partial charge in [0.25, 0.3) is 0 Å². The van der Waals surface area contributed by atoms with Crippen LogP contribution in [0.15, 0.2) is 18.3 Å². The zero-order valence-electron chi connectivity index (χ0n) is 23.4. The molecule has 3 heterocycles. The fourth-order valence-electron chi connectivity index (χ4n) is 5.60. The number of halogens is 2. The van der Waals surface area contributed by atoms with Gasteiger partial charge in [0.15, 0.2) is 5.65 Å². The van der Waals surface area contributed by atoms with Gasteiger partial charge in [0, 0.05) is 31.1 Å². The lowest BCUT2D eigenvalue weighted by Gasteiger charge is -2.33. The number of likely N-dealkylation sites (tertiary alicyclic amines) is 1. The van der Waals surface area contributed by atoms with Gasteiger partial charge in [-0.15, -0.1) is 0 Å². The van der Waals surface area contributed by atoms with Crippen LogP contribution in [-0.2, 0) is 9.53 Å². The maximum atomic E-state index is 15.0. The van der Waals surface area contributed by atoms with Gasteiger partial charge in [0.2, 0.25) is 17.8 Å². The summed E-state index contributed by atoms with van der Waals surface area (Å²) in [5.41, 5.74) is 6.65. The summed E-state index contributed by atoms with van der Waals surface area (Å²) < 4.78 is 22.2. The lowest BCUT2D eigenvalue weighted by molar-refractivity contribution is -0.122. The highest BCUT2D eigenvalue weighted by Crippen LogP contribution is 2.38. The number of amides is 2. The topological polar surface area (TPSA) is 164 Å². The molecule has 2 fully saturated rings. The Kier molecular flexibility index (Phi) is 8.63. The molecular formula is C28H33ClFN9O3. The summed E-state index contributed by atoms with van der Waals surface area (Å²) in [4.78, 5) is 39.8. The summed E-state index contributed by atoms with van der Waals surface area (Å²) in [6, 6.07) is 4.19. The van der Waals surface area contributed by atoms with Gasteiger partial charge in [-0.1, -0.05) is 11.6 Å². The number of ether oxygens (including phenoxy) is 1. The summed E-state index contributed by atoms with van der Waals surface area (Å²) in [6.07, 6.45) is 5.15. The molecule has 12 nitrogen and oxygen atoms in total. The number of anilines is 3. The Hall–Kier alpha value is -4.18. The van der Waals surface area contributed by atoms with Crippen molar-refractivity contribution >= 4 is 52.3 Å². The minimum Gasteiger partial charge on any atom is -0.447 e. The quantitative estimate of drug-likeness (QED) is 0.344. The van der Waals surface area contributed by atoms with Gasteiger partial charge >= 0.3 is 6.09 Å². The highest BCUT2D eigenvalue weighted by Gasteiger charge is 2.30. The van der Waals surface area contributed by atoms with Gasteiger partial charge in [-0.05, 0) is 64.5 Å². The van der Waals surface area contributed by atoms with Gasteiger partial charge in [0.1, 0.15) is 11.3 Å². The molecule has 1 saturated carbocycles. The number of carbonyl (C=O) groups excluding carboxylic acids is 2. The van der Waals surface area contributed by atoms with Crippen LogP contribution in [0, 0.1) is 23.1 Å². The first-order valence-electron chi connectivity index (χ1n) is 14.1. The Bertz CT molecular complexity index is 1510. The van der Waals surface area contributed by atoms with Crippen LogP contribution in [0.25, 0.3) is 11.2 Å². The standard InChI is InChI=1S/C28H33ClFN9O3/c1-15(2)42-28(41)38-9-3-4-18(14-38)34-26-33-13-22-25(37-26)39(19-7-5-17(6-8-19)24(32)40)27(35-22)36-23-20(29)10-16(12-31)11-21(23)30/h10-11,13,15,17-19H,3-9,14H2,1-2H3,(H2,32,40)(H,35,36)(H,33,34,37)/t17-,18-,19-/m1/s1. The molecule has 1 atom stereocenters. The van der Waals surface area contributed by atoms with E-state index in [1.165, 1.54) is 6.07 Å². The summed E-state index contributed by atoms with van der Waals surface area (Å²) in [5, 5.41) is 15.6. The third-order valence-corrected chi connectivity index (χ3v) is 7.95. The van der Waals surface area contributed by atoms with Crippen LogP contribution in [0.4, 0.5) is 26.8 Å². The van der Waals surface area contributed by atoms with Crippen molar-refractivity contribution in [3.8, 4) is 6.07 Å². The number of nitrogens with zero attached hydrogens (tertiary/aromatic N) is 6. The summed E-state index contributed by atoms with van der Waals surface area (Å²) in [5.74, 6) is -0.540. The zero-order chi connectivity index (χ0) is 30.0. The number of nitrogens with two attached hydrogens (primary N) is 1. The van der Waals surface area contributed by atoms with Crippen molar-refractivity contribution in [1.29, 1.82) is 5.26 Å². The Balaban J connectivity index is 1.46. The van der Waals surface area contributed by atoms with E-state index in [1.807, 2.05) is 24.5 Å². The summed E-state index contributed by atoms with van der Waals surface area (Å²) in [6.45, 7) is 4.70. The molecule has 0 radical (unpaired) electrons. The largest absolute Gasteiger partial charge is 0.447 e. The van der Waals surface area contributed by atoms with Gasteiger partial charge in [0.05, 0.1) is 34.6 Å². The summed E-state index contributed by atoms with van der Waals surface area (Å²) in [7, 11) is 0. The highest BCUT2D eigenvalue weighted by molar-refractivity contribution is 6.33. The first-order chi connectivity index (χ1) is 20.1. The van der Waals surface area contributed by atoms with Crippen molar-refractivity contribution in [3.05, 3.63) is 34.7 Å². The predicted octanol–water partition coefficient (Wildman–Crippen LogP) is 4.87. The Labute approximate surface area is 247 Å². The maximum Gasteiger partial charge on any atom is 0.410 e. The lowest BCUT2D eigenvalue weighted by Crippen LogP contribution is -2.46. The van der Waals surface area contributed by atoms with Crippen LogP contribution < -0.4 is 16.4 Å². The Morgan fingerprint density at radius 3 is 2.64 bits per heavy atom. The second-order valence-corrected chi connectivity index (χ2v) is 11.4. The molecule has 2 amide bonds. The number of piperidine rings is 1. The Morgan fingerprint density at radius 2 is 1.98 bits per heavy atom. The average Bonchev–Trinajstić information content (AvgIpc) is 3.31. The van der Waals surface area contributed by atoms with Crippen LogP contribution in [0.5, 0.6) is 0 Å². The average molecular weight is 598 g/mol. The van der Waals surface area contributed by atoms with Crippen molar-refractivity contribution in [1.82, 2.24) is 24.4 Å². The second kappa shape index (κ2) is 12.4. The van der Waals surface area contributed by atoms with E-state index in [0.717, 1.165) is 18.9 Å². The van der Waals surface area contributed by atoms with Crippen LogP contribution in [0.2, 0.25) is 5.02 Å². The molecule has 5 rings (SSSR count). The molecule has 4 N–H and O–H groups in total. The van der Waals surface area contributed by atoms with E-state index in [9.17, 15) is 14.0 Å². The van der Waals surface area contributed by atoms with Crippen LogP contribution in [0.3, 0.4) is 0 Å². The van der Waals surface area contributed by atoms with Crippen LogP contribution in [-0.4, -0.2) is 61.7 Å². The summed E-state index contributed by atoms with van der Waals surface area (Å²) >= 11 is 6.33. The molecule has 2 aromatic heterocycles. The zero-order valence-corrected chi connectivity index (χ0v) is 24.2. The molecule has 14 heteroatoms. The molecule has 2 aliphatic rings. The van der Waals surface area contributed by atoms with Crippen LogP contribution >= 0.6 is 11.6 Å². The van der Waals surface area contributed by atoms with E-state index in [4.69, 9.17) is 32.3 Å². The lowest BCUT2D eigenvalue weighted by atomic mass is 9.85. The fraction of sp³-hybridized carbons (Fsp3) is 0.500. The number of rotatable bonds is 7. The number of imidazole rings is 1. The number of carbonyl (C=O) groups is 2. The van der Waals surface area contributed by atoms with E-state index >= 15 is 0 Å². The van der Waals surface area contributed by atoms with Gasteiger partial charge in [-0.3, -0.25) is 9.36 Å². The van der Waals surface area contributed by atoms with Gasteiger partial charge in [-0.25, -0.2) is 19.2 Å². The number of aromatic nitrogens is 4. The molecule has 1 aliphatic carbocycles. The number of hydrogen-bond acceptors (Lipinski definition) is 9. The van der Waals surface area contributed by atoms with Crippen molar-refractivity contribution in [2.45, 2.75) is 70.6 Å². The number of benzene rings is 1. The molecule has 42 heavy (non-hydrogen) atoms. The van der Waals surface area contributed by atoms with Gasteiger partial charge < -0.3 is 26.0 Å². The van der Waals surface area contributed by atoms with Crippen molar-refractivity contribution in [3.63, 3.8) is 0 Å². The smallest absolute Gasteiger partial charge is 0.410 e. The third-order valence-electron chi connectivity index (χ3n) is 7.65. The molecular weight excluding hydrogens is 565 g/mol. The molecule has 1 saturated heterocycles. The molecule has 0 spiro atoms. The van der Waals surface area contributed by atoms with Crippen LogP contribution in [0.1, 0.15) is 64.0 Å². The SMILES string of the molecule is CC(C)OC(=O)N1CCC[C@@H](Nc2ncc3nc(Nc4c(F)cc(C#N)cc4Cl)n([C@H]4CC[C@H](C(N)=O)CC4)c3n2)C1. The third kappa shape index (κ3) is 6.33. The molecule has 222 valence electrons. The number of fused-ring (bicyclic) bond motifs is 1. The van der Waals surface area contributed by atoms with E-state index < -0.39 is 5.82 Å². The number of nitrogens with one attached hydrogen (secondary N) is 2. The Morgan fingerprint density at radius 1 is 1.21 bits per heavy atom. The van der Waals surface area contributed by atoms with Crippen molar-refractivity contribution < 1.29 is 18.7 Å². The molecule has 0 bridgehead atoms. The monoisotopic (exact) mass is 597 g/mol.